The zero-order valence-corrected chi connectivity index (χ0v) is 13.3. The molecule has 0 spiro atoms. The van der Waals surface area contributed by atoms with E-state index in [0.717, 1.165) is 29.1 Å². The minimum Gasteiger partial charge on any atom is -0.368 e. The van der Waals surface area contributed by atoms with Crippen LogP contribution >= 0.6 is 0 Å². The Hall–Kier alpha value is -3.21. The van der Waals surface area contributed by atoms with E-state index in [1.807, 2.05) is 6.07 Å². The molecule has 1 aliphatic rings. The zero-order valence-electron chi connectivity index (χ0n) is 13.3. The van der Waals surface area contributed by atoms with Crippen molar-refractivity contribution in [3.63, 3.8) is 0 Å². The fraction of sp³-hybridized carbons (Fsp3) is 0.105. The Balaban J connectivity index is 1.68. The van der Waals surface area contributed by atoms with Crippen LogP contribution in [0.5, 0.6) is 0 Å². The van der Waals surface area contributed by atoms with Crippen molar-refractivity contribution >= 4 is 23.2 Å². The van der Waals surface area contributed by atoms with Crippen molar-refractivity contribution in [1.82, 2.24) is 9.97 Å². The molecule has 1 aromatic heterocycles. The second kappa shape index (κ2) is 5.77. The summed E-state index contributed by atoms with van der Waals surface area (Å²) in [7, 11) is 0. The van der Waals surface area contributed by atoms with Crippen LogP contribution in [-0.4, -0.2) is 15.7 Å². The molecular weight excluding hydrogens is 298 g/mol. The van der Waals surface area contributed by atoms with E-state index in [1.54, 1.807) is 12.3 Å². The van der Waals surface area contributed by atoms with Crippen LogP contribution in [0.1, 0.15) is 22.3 Å². The smallest absolute Gasteiger partial charge is 0.221 e. The molecular formula is C19H17N5. The number of hydrogen-bond donors (Lipinski definition) is 2. The van der Waals surface area contributed by atoms with Crippen LogP contribution in [-0.2, 0) is 6.54 Å². The molecule has 2 aromatic carbocycles. The first-order valence-electron chi connectivity index (χ1n) is 7.79. The summed E-state index contributed by atoms with van der Waals surface area (Å²) in [5, 5.41) is 3.27. The van der Waals surface area contributed by atoms with Gasteiger partial charge in [-0.25, -0.2) is 4.98 Å². The van der Waals surface area contributed by atoms with E-state index < -0.39 is 0 Å². The van der Waals surface area contributed by atoms with E-state index >= 15 is 0 Å². The number of benzene rings is 2. The fourth-order valence-electron chi connectivity index (χ4n) is 2.89. The van der Waals surface area contributed by atoms with Gasteiger partial charge in [-0.2, -0.15) is 4.98 Å². The Bertz CT molecular complexity index is 946. The van der Waals surface area contributed by atoms with Gasteiger partial charge in [0.05, 0.1) is 12.3 Å². The van der Waals surface area contributed by atoms with Gasteiger partial charge >= 0.3 is 0 Å². The molecule has 0 radical (unpaired) electrons. The topological polar surface area (TPSA) is 76.2 Å². The van der Waals surface area contributed by atoms with Crippen molar-refractivity contribution in [2.24, 2.45) is 4.99 Å². The van der Waals surface area contributed by atoms with E-state index in [2.05, 4.69) is 58.6 Å². The molecule has 24 heavy (non-hydrogen) atoms. The minimum atomic E-state index is 0.253. The predicted molar refractivity (Wildman–Crippen MR) is 96.7 cm³/mol. The number of rotatable bonds is 3. The maximum Gasteiger partial charge on any atom is 0.221 e. The molecule has 3 aromatic rings. The molecule has 5 nitrogen and oxygen atoms in total. The highest BCUT2D eigenvalue weighted by Crippen LogP contribution is 2.27. The molecule has 0 amide bonds. The van der Waals surface area contributed by atoms with Gasteiger partial charge in [-0.3, -0.25) is 4.99 Å². The third-order valence-corrected chi connectivity index (χ3v) is 4.01. The fourth-order valence-corrected chi connectivity index (χ4v) is 2.89. The molecule has 118 valence electrons. The second-order valence-electron chi connectivity index (χ2n) is 5.83. The molecule has 5 heteroatoms. The van der Waals surface area contributed by atoms with E-state index in [9.17, 15) is 0 Å². The van der Waals surface area contributed by atoms with Gasteiger partial charge in [-0.05, 0) is 36.8 Å². The number of nitrogens with zero attached hydrogens (tertiary/aromatic N) is 3. The summed E-state index contributed by atoms with van der Waals surface area (Å²) in [6.45, 7) is 2.82. The van der Waals surface area contributed by atoms with E-state index in [-0.39, 0.29) is 5.95 Å². The number of nitrogens with two attached hydrogens (primary N) is 1. The molecule has 0 bridgehead atoms. The van der Waals surface area contributed by atoms with Gasteiger partial charge in [-0.1, -0.05) is 29.8 Å². The Morgan fingerprint density at radius 2 is 2.00 bits per heavy atom. The number of fused-ring (bicyclic) bond motifs is 1. The lowest BCUT2D eigenvalue weighted by atomic mass is 9.98. The number of nitrogen functional groups attached to an aromatic ring is 1. The quantitative estimate of drug-likeness (QED) is 0.776. The lowest BCUT2D eigenvalue weighted by Gasteiger charge is -2.10. The summed E-state index contributed by atoms with van der Waals surface area (Å²) in [5.74, 6) is 0.928. The number of aryl methyl sites for hydroxylation is 1. The number of aliphatic imine (C=N–C) groups is 1. The monoisotopic (exact) mass is 315 g/mol. The molecule has 1 aliphatic heterocycles. The standard InChI is InChI=1S/C19H17N5/c1-12-3-2-4-13(9-12)18-16-10-15(6-5-14(16)11-22-18)23-17-7-8-21-19(20)24-17/h2-10H,11H2,1H3,(H3,20,21,23,24). The maximum absolute atomic E-state index is 5.63. The van der Waals surface area contributed by atoms with Gasteiger partial charge in [0.15, 0.2) is 0 Å². The summed E-state index contributed by atoms with van der Waals surface area (Å²) < 4.78 is 0. The first kappa shape index (κ1) is 14.4. The summed E-state index contributed by atoms with van der Waals surface area (Å²) >= 11 is 0. The van der Waals surface area contributed by atoms with Crippen LogP contribution in [0.3, 0.4) is 0 Å². The van der Waals surface area contributed by atoms with Crippen molar-refractivity contribution in [2.75, 3.05) is 11.1 Å². The molecule has 0 saturated heterocycles. The molecule has 3 N–H and O–H groups in total. The number of aromatic nitrogens is 2. The predicted octanol–water partition coefficient (Wildman–Crippen LogP) is 3.46. The van der Waals surface area contributed by atoms with Gasteiger partial charge in [-0.15, -0.1) is 0 Å². The SMILES string of the molecule is Cc1cccc(C2=NCc3ccc(Nc4ccnc(N)n4)cc32)c1. The average Bonchev–Trinajstić information content (AvgIpc) is 2.98. The largest absolute Gasteiger partial charge is 0.368 e. The van der Waals surface area contributed by atoms with Crippen LogP contribution in [0.2, 0.25) is 0 Å². The van der Waals surface area contributed by atoms with E-state index in [4.69, 9.17) is 10.7 Å². The Kier molecular flexibility index (Phi) is 3.46. The number of anilines is 3. The average molecular weight is 315 g/mol. The third kappa shape index (κ3) is 2.72. The summed E-state index contributed by atoms with van der Waals surface area (Å²) in [6.07, 6.45) is 1.64. The van der Waals surface area contributed by atoms with Crippen molar-refractivity contribution in [1.29, 1.82) is 0 Å². The first-order valence-corrected chi connectivity index (χ1v) is 7.79. The van der Waals surface area contributed by atoms with Crippen molar-refractivity contribution in [2.45, 2.75) is 13.5 Å². The van der Waals surface area contributed by atoms with Crippen LogP contribution in [0.4, 0.5) is 17.5 Å². The Morgan fingerprint density at radius 1 is 1.08 bits per heavy atom. The van der Waals surface area contributed by atoms with Gasteiger partial charge in [0.25, 0.3) is 0 Å². The van der Waals surface area contributed by atoms with E-state index in [1.165, 1.54) is 11.1 Å². The Morgan fingerprint density at radius 3 is 2.83 bits per heavy atom. The third-order valence-electron chi connectivity index (χ3n) is 4.01. The Labute approximate surface area is 140 Å². The lowest BCUT2D eigenvalue weighted by molar-refractivity contribution is 1.11. The molecule has 0 aliphatic carbocycles. The van der Waals surface area contributed by atoms with E-state index in [0.29, 0.717) is 5.82 Å². The summed E-state index contributed by atoms with van der Waals surface area (Å²) in [5.41, 5.74) is 12.4. The van der Waals surface area contributed by atoms with Crippen molar-refractivity contribution in [3.8, 4) is 0 Å². The number of nitrogens with one attached hydrogen (secondary N) is 1. The second-order valence-corrected chi connectivity index (χ2v) is 5.83. The highest BCUT2D eigenvalue weighted by Gasteiger charge is 2.18. The normalized spacial score (nSPS) is 12.6. The van der Waals surface area contributed by atoms with Gasteiger partial charge in [0, 0.05) is 23.0 Å². The van der Waals surface area contributed by atoms with Crippen LogP contribution in [0.15, 0.2) is 59.7 Å². The molecule has 0 atom stereocenters. The molecule has 0 fully saturated rings. The lowest BCUT2D eigenvalue weighted by Crippen LogP contribution is -2.03. The molecule has 0 unspecified atom stereocenters. The van der Waals surface area contributed by atoms with Crippen LogP contribution < -0.4 is 11.1 Å². The summed E-state index contributed by atoms with van der Waals surface area (Å²) in [4.78, 5) is 12.8. The van der Waals surface area contributed by atoms with Crippen molar-refractivity contribution in [3.05, 3.63) is 77.0 Å². The zero-order chi connectivity index (χ0) is 16.5. The van der Waals surface area contributed by atoms with Crippen LogP contribution in [0.25, 0.3) is 0 Å². The summed E-state index contributed by atoms with van der Waals surface area (Å²) in [6, 6.07) is 16.5. The first-order chi connectivity index (χ1) is 11.7. The maximum atomic E-state index is 5.63. The van der Waals surface area contributed by atoms with Crippen LogP contribution in [0, 0.1) is 6.92 Å². The van der Waals surface area contributed by atoms with Gasteiger partial charge in [0.1, 0.15) is 5.82 Å². The van der Waals surface area contributed by atoms with Crippen molar-refractivity contribution < 1.29 is 0 Å². The molecule has 2 heterocycles. The highest BCUT2D eigenvalue weighted by atomic mass is 15.1. The minimum absolute atomic E-state index is 0.253. The molecule has 0 saturated carbocycles. The molecule has 4 rings (SSSR count). The van der Waals surface area contributed by atoms with Gasteiger partial charge < -0.3 is 11.1 Å². The number of hydrogen-bond acceptors (Lipinski definition) is 5. The van der Waals surface area contributed by atoms with Gasteiger partial charge in [0.2, 0.25) is 5.95 Å². The highest BCUT2D eigenvalue weighted by molar-refractivity contribution is 6.15.